The molecule has 48 heavy (non-hydrogen) atoms. The summed E-state index contributed by atoms with van der Waals surface area (Å²) in [4.78, 5) is 29.6. The zero-order valence-corrected chi connectivity index (χ0v) is 25.8. The van der Waals surface area contributed by atoms with Crippen molar-refractivity contribution >= 4 is 23.4 Å². The number of nitrogens with one attached hydrogen (secondary N) is 2. The maximum Gasteiger partial charge on any atom is 0.407 e. The van der Waals surface area contributed by atoms with E-state index in [9.17, 15) is 36.8 Å². The van der Waals surface area contributed by atoms with Gasteiger partial charge in [0.25, 0.3) is 0 Å². The van der Waals surface area contributed by atoms with Gasteiger partial charge in [-0.15, -0.1) is 0 Å². The highest BCUT2D eigenvalue weighted by Gasteiger charge is 2.46. The van der Waals surface area contributed by atoms with E-state index in [1.165, 1.54) is 13.2 Å². The van der Waals surface area contributed by atoms with Crippen molar-refractivity contribution in [2.45, 2.75) is 49.9 Å². The summed E-state index contributed by atoms with van der Waals surface area (Å²) >= 11 is 0. The number of quaternary nitrogens is 1. The Morgan fingerprint density at radius 2 is 1.85 bits per heavy atom. The molecule has 4 atom stereocenters. The zero-order valence-electron chi connectivity index (χ0n) is 25.8. The number of rotatable bonds is 8. The van der Waals surface area contributed by atoms with Gasteiger partial charge in [0.15, 0.2) is 28.8 Å². The summed E-state index contributed by atoms with van der Waals surface area (Å²) in [5, 5.41) is 13.9. The molecule has 2 aliphatic heterocycles. The van der Waals surface area contributed by atoms with Crippen LogP contribution >= 0.6 is 0 Å². The highest BCUT2D eigenvalue weighted by Crippen LogP contribution is 2.47. The molecule has 2 amide bonds. The second kappa shape index (κ2) is 14.3. The SMILES string of the molecule is C[N+]1(c2cncc(F)c2CCC2CNC(COC(=O)NCC(F)(F)F)CO2)C(=O)CCC(c2ccc(C#N)cc2)c2cc(F)c(F)cc21. The van der Waals surface area contributed by atoms with Crippen molar-refractivity contribution in [2.24, 2.45) is 0 Å². The first kappa shape index (κ1) is 34.8. The van der Waals surface area contributed by atoms with Crippen LogP contribution in [0.4, 0.5) is 42.5 Å². The Hall–Kier alpha value is -4.52. The number of carbonyl (C=O) groups excluding carboxylic acids is 2. The van der Waals surface area contributed by atoms with Crippen LogP contribution in [0.5, 0.6) is 0 Å². The summed E-state index contributed by atoms with van der Waals surface area (Å²) in [5.74, 6) is -3.87. The van der Waals surface area contributed by atoms with Gasteiger partial charge in [0, 0.05) is 24.1 Å². The highest BCUT2D eigenvalue weighted by molar-refractivity contribution is 5.97. The number of nitriles is 1. The molecule has 1 saturated heterocycles. The van der Waals surface area contributed by atoms with Crippen LogP contribution in [0.1, 0.15) is 47.4 Å². The average molecular weight is 677 g/mol. The molecule has 2 N–H and O–H groups in total. The van der Waals surface area contributed by atoms with Gasteiger partial charge in [-0.25, -0.2) is 22.8 Å². The molecular weight excluding hydrogens is 644 g/mol. The van der Waals surface area contributed by atoms with Gasteiger partial charge in [0.05, 0.1) is 61.8 Å². The highest BCUT2D eigenvalue weighted by atomic mass is 19.4. The van der Waals surface area contributed by atoms with Gasteiger partial charge < -0.3 is 20.1 Å². The number of fused-ring (bicyclic) bond motifs is 1. The second-order valence-corrected chi connectivity index (χ2v) is 11.8. The molecule has 0 saturated carbocycles. The Morgan fingerprint density at radius 1 is 1.12 bits per heavy atom. The van der Waals surface area contributed by atoms with Gasteiger partial charge >= 0.3 is 18.2 Å². The van der Waals surface area contributed by atoms with E-state index in [2.05, 4.69) is 10.3 Å². The van der Waals surface area contributed by atoms with Gasteiger partial charge in [0.1, 0.15) is 13.2 Å². The van der Waals surface area contributed by atoms with Gasteiger partial charge in [-0.05, 0) is 43.0 Å². The molecule has 0 spiro atoms. The molecule has 254 valence electrons. The van der Waals surface area contributed by atoms with Crippen LogP contribution in [-0.2, 0) is 20.7 Å². The van der Waals surface area contributed by atoms with E-state index in [0.29, 0.717) is 16.7 Å². The second-order valence-electron chi connectivity index (χ2n) is 11.8. The van der Waals surface area contributed by atoms with Gasteiger partial charge in [-0.2, -0.15) is 22.9 Å². The van der Waals surface area contributed by atoms with Crippen LogP contribution in [0.2, 0.25) is 0 Å². The van der Waals surface area contributed by atoms with Crippen molar-refractivity contribution in [3.8, 4) is 6.07 Å². The number of carbonyl (C=O) groups is 2. The topological polar surface area (TPSA) is 113 Å². The number of alkyl halides is 3. The number of halogens is 6. The number of alkyl carbamates (subject to hydrolysis) is 1. The van der Waals surface area contributed by atoms with E-state index in [4.69, 9.17) is 9.47 Å². The quantitative estimate of drug-likeness (QED) is 0.234. The zero-order chi connectivity index (χ0) is 34.6. The maximum absolute atomic E-state index is 15.5. The monoisotopic (exact) mass is 676 g/mol. The number of benzene rings is 2. The predicted octanol–water partition coefficient (Wildman–Crippen LogP) is 5.67. The molecule has 5 rings (SSSR count). The van der Waals surface area contributed by atoms with E-state index < -0.39 is 58.8 Å². The largest absolute Gasteiger partial charge is 0.448 e. The number of amides is 2. The predicted molar refractivity (Wildman–Crippen MR) is 160 cm³/mol. The molecule has 0 aliphatic carbocycles. The molecule has 3 aromatic rings. The minimum absolute atomic E-state index is 0.0115. The maximum atomic E-state index is 15.5. The Balaban J connectivity index is 1.35. The molecule has 1 aromatic heterocycles. The van der Waals surface area contributed by atoms with Crippen LogP contribution in [0.15, 0.2) is 48.8 Å². The third-order valence-electron chi connectivity index (χ3n) is 8.71. The van der Waals surface area contributed by atoms with Crippen LogP contribution in [0.25, 0.3) is 0 Å². The number of hydrogen-bond donors (Lipinski definition) is 2. The van der Waals surface area contributed by atoms with Crippen molar-refractivity contribution in [1.82, 2.24) is 20.1 Å². The molecule has 1 fully saturated rings. The summed E-state index contributed by atoms with van der Waals surface area (Å²) in [7, 11) is 1.51. The smallest absolute Gasteiger partial charge is 0.407 e. The summed E-state index contributed by atoms with van der Waals surface area (Å²) in [5.41, 5.74) is 1.90. The van der Waals surface area contributed by atoms with Gasteiger partial charge in [-0.1, -0.05) is 12.1 Å². The molecule has 0 radical (unpaired) electrons. The molecule has 3 heterocycles. The van der Waals surface area contributed by atoms with Crippen molar-refractivity contribution in [2.75, 3.05) is 33.4 Å². The lowest BCUT2D eigenvalue weighted by Crippen LogP contribution is -2.49. The fourth-order valence-corrected chi connectivity index (χ4v) is 6.15. The van der Waals surface area contributed by atoms with E-state index in [1.54, 1.807) is 29.6 Å². The van der Waals surface area contributed by atoms with Crippen molar-refractivity contribution in [3.63, 3.8) is 0 Å². The lowest BCUT2D eigenvalue weighted by Gasteiger charge is -2.33. The Labute approximate surface area is 272 Å². The average Bonchev–Trinajstić information content (AvgIpc) is 3.16. The third kappa shape index (κ3) is 7.61. The molecule has 15 heteroatoms. The first-order valence-electron chi connectivity index (χ1n) is 15.1. The first-order chi connectivity index (χ1) is 22.8. The third-order valence-corrected chi connectivity index (χ3v) is 8.71. The summed E-state index contributed by atoms with van der Waals surface area (Å²) < 4.78 is 92.1. The lowest BCUT2D eigenvalue weighted by molar-refractivity contribution is -0.126. The van der Waals surface area contributed by atoms with E-state index in [0.717, 1.165) is 18.3 Å². The minimum atomic E-state index is -4.57. The Kier molecular flexibility index (Phi) is 10.4. The summed E-state index contributed by atoms with van der Waals surface area (Å²) in [6.45, 7) is -1.44. The number of morpholine rings is 1. The van der Waals surface area contributed by atoms with Gasteiger partial charge in [-0.3, -0.25) is 4.98 Å². The van der Waals surface area contributed by atoms with Gasteiger partial charge in [0.2, 0.25) is 0 Å². The number of nitrogens with zero attached hydrogens (tertiary/aromatic N) is 3. The number of pyridine rings is 1. The molecule has 4 unspecified atom stereocenters. The normalized spacial score (nSPS) is 22.7. The first-order valence-corrected chi connectivity index (χ1v) is 15.1. The van der Waals surface area contributed by atoms with Crippen molar-refractivity contribution in [1.29, 1.82) is 5.26 Å². The van der Waals surface area contributed by atoms with Crippen LogP contribution in [0.3, 0.4) is 0 Å². The van der Waals surface area contributed by atoms with Crippen molar-refractivity contribution in [3.05, 3.63) is 88.5 Å². The Bertz CT molecular complexity index is 1710. The van der Waals surface area contributed by atoms with E-state index in [1.807, 2.05) is 6.07 Å². The number of hydrogen-bond acceptors (Lipinski definition) is 7. The minimum Gasteiger partial charge on any atom is -0.448 e. The fraction of sp³-hybridized carbons (Fsp3) is 0.394. The molecular formula is C33H32F6N5O4+. The number of aromatic nitrogens is 1. The Morgan fingerprint density at radius 3 is 2.52 bits per heavy atom. The van der Waals surface area contributed by atoms with Crippen molar-refractivity contribution < 1.29 is 45.4 Å². The molecule has 2 aromatic carbocycles. The summed E-state index contributed by atoms with van der Waals surface area (Å²) in [6.07, 6.45) is -3.28. The summed E-state index contributed by atoms with van der Waals surface area (Å²) in [6, 6.07) is 10.2. The standard InChI is InChI=1S/C33H31F6N5O4/c1-44(29-11-27(35)26(34)10-25(29)23(8-9-31(44)45)20-4-2-19(12-40)3-5-20)30-15-41-14-28(36)24(30)7-6-22-13-42-21(16-47-22)17-48-32(46)43-18-33(37,38)39/h2-5,10-11,14-15,21-23,42H,6-9,13,16-18H2,1H3/p+1. The molecule has 0 bridgehead atoms. The fourth-order valence-electron chi connectivity index (χ4n) is 6.15. The molecule has 9 nitrogen and oxygen atoms in total. The lowest BCUT2D eigenvalue weighted by atomic mass is 9.86. The number of ether oxygens (including phenoxy) is 2. The van der Waals surface area contributed by atoms with E-state index in [-0.39, 0.29) is 68.3 Å². The van der Waals surface area contributed by atoms with Crippen LogP contribution in [-0.4, -0.2) is 68.7 Å². The van der Waals surface area contributed by atoms with E-state index >= 15 is 4.39 Å². The van der Waals surface area contributed by atoms with Crippen LogP contribution < -0.4 is 15.1 Å². The molecule has 2 aliphatic rings. The van der Waals surface area contributed by atoms with Crippen LogP contribution in [0, 0.1) is 28.8 Å².